The summed E-state index contributed by atoms with van der Waals surface area (Å²) < 4.78 is 79.4. The Kier molecular flexibility index (Phi) is 4.62. The highest BCUT2D eigenvalue weighted by atomic mass is 32.2. The Morgan fingerprint density at radius 2 is 1.86 bits per heavy atom. The minimum Gasteiger partial charge on any atom is -0.465 e. The third kappa shape index (κ3) is 3.72. The maximum atomic E-state index is 13.5. The van der Waals surface area contributed by atoms with Crippen LogP contribution in [0, 0.1) is 5.82 Å². The van der Waals surface area contributed by atoms with Crippen LogP contribution in [0.4, 0.5) is 17.6 Å². The van der Waals surface area contributed by atoms with Gasteiger partial charge in [-0.2, -0.15) is 21.6 Å². The Balaban J connectivity index is 3.06. The molecule has 1 rings (SSSR count). The summed E-state index contributed by atoms with van der Waals surface area (Å²) in [4.78, 5) is 11.1. The monoisotopic (exact) mass is 328 g/mol. The van der Waals surface area contributed by atoms with Gasteiger partial charge in [-0.25, -0.2) is 9.18 Å². The fourth-order valence-electron chi connectivity index (χ4n) is 1.19. The van der Waals surface area contributed by atoms with Gasteiger partial charge in [0.25, 0.3) is 0 Å². The van der Waals surface area contributed by atoms with E-state index >= 15 is 0 Å². The van der Waals surface area contributed by atoms with Crippen LogP contribution < -0.4 is 0 Å². The first-order valence-corrected chi connectivity index (χ1v) is 6.48. The zero-order valence-corrected chi connectivity index (χ0v) is 11.2. The van der Waals surface area contributed by atoms with Crippen LogP contribution in [0.3, 0.4) is 0 Å². The molecule has 0 aliphatic carbocycles. The molecule has 0 N–H and O–H groups in total. The molecule has 0 unspecified atom stereocenters. The smallest absolute Gasteiger partial charge is 0.465 e. The summed E-state index contributed by atoms with van der Waals surface area (Å²) in [6.45, 7) is 2.98. The predicted molar refractivity (Wildman–Crippen MR) is 62.8 cm³/mol. The van der Waals surface area contributed by atoms with Crippen molar-refractivity contribution in [3.05, 3.63) is 41.7 Å². The van der Waals surface area contributed by atoms with Crippen LogP contribution >= 0.6 is 0 Å². The third-order valence-corrected chi connectivity index (χ3v) is 3.18. The van der Waals surface area contributed by atoms with Gasteiger partial charge in [-0.15, -0.1) is 0 Å². The van der Waals surface area contributed by atoms with Gasteiger partial charge in [-0.05, 0) is 12.1 Å². The first-order valence-electron chi connectivity index (χ1n) is 5.07. The molecule has 1 aromatic rings. The van der Waals surface area contributed by atoms with Crippen molar-refractivity contribution in [3.63, 3.8) is 0 Å². The van der Waals surface area contributed by atoms with Gasteiger partial charge >= 0.3 is 21.6 Å². The lowest BCUT2D eigenvalue weighted by Crippen LogP contribution is -2.24. The average Bonchev–Trinajstić information content (AvgIpc) is 2.35. The molecule has 0 spiro atoms. The van der Waals surface area contributed by atoms with Crippen molar-refractivity contribution in [3.8, 4) is 0 Å². The number of hydrogen-bond donors (Lipinski definition) is 0. The Morgan fingerprint density at radius 1 is 1.29 bits per heavy atom. The first kappa shape index (κ1) is 17.0. The molecule has 0 bridgehead atoms. The van der Waals surface area contributed by atoms with Crippen molar-refractivity contribution >= 4 is 21.8 Å². The van der Waals surface area contributed by atoms with Crippen LogP contribution in [0.5, 0.6) is 0 Å². The van der Waals surface area contributed by atoms with Crippen LogP contribution in [0.25, 0.3) is 5.76 Å². The van der Waals surface area contributed by atoms with Gasteiger partial charge in [0.2, 0.25) is 0 Å². The third-order valence-electron chi connectivity index (χ3n) is 2.19. The maximum absolute atomic E-state index is 13.5. The highest BCUT2D eigenvalue weighted by Crippen LogP contribution is 2.29. The molecule has 1 aromatic carbocycles. The molecule has 0 atom stereocenters. The molecular formula is C11H8F4O5S. The van der Waals surface area contributed by atoms with Crippen LogP contribution in [0.15, 0.2) is 24.8 Å². The van der Waals surface area contributed by atoms with Crippen LogP contribution in [-0.2, 0) is 19.0 Å². The highest BCUT2D eigenvalue weighted by Gasteiger charge is 2.48. The van der Waals surface area contributed by atoms with Crippen molar-refractivity contribution < 1.29 is 39.7 Å². The summed E-state index contributed by atoms with van der Waals surface area (Å²) in [5.41, 5.74) is -6.50. The van der Waals surface area contributed by atoms with E-state index in [1.807, 2.05) is 0 Å². The Morgan fingerprint density at radius 3 is 2.29 bits per heavy atom. The molecule has 10 heteroatoms. The molecule has 0 saturated carbocycles. The van der Waals surface area contributed by atoms with E-state index in [1.165, 1.54) is 0 Å². The minimum absolute atomic E-state index is 0.382. The van der Waals surface area contributed by atoms with Crippen LogP contribution in [0.1, 0.15) is 15.9 Å². The quantitative estimate of drug-likeness (QED) is 0.279. The molecule has 0 saturated heterocycles. The predicted octanol–water partition coefficient (Wildman–Crippen LogP) is 2.45. The van der Waals surface area contributed by atoms with E-state index in [9.17, 15) is 30.8 Å². The van der Waals surface area contributed by atoms with E-state index in [4.69, 9.17) is 0 Å². The van der Waals surface area contributed by atoms with E-state index in [1.54, 1.807) is 0 Å². The molecule has 0 aliphatic heterocycles. The van der Waals surface area contributed by atoms with Gasteiger partial charge < -0.3 is 8.92 Å². The van der Waals surface area contributed by atoms with E-state index in [2.05, 4.69) is 15.5 Å². The minimum atomic E-state index is -5.90. The van der Waals surface area contributed by atoms with Gasteiger partial charge in [0.05, 0.1) is 12.7 Å². The number of alkyl halides is 3. The van der Waals surface area contributed by atoms with Gasteiger partial charge in [0, 0.05) is 5.56 Å². The Hall–Kier alpha value is -2.10. The maximum Gasteiger partial charge on any atom is 0.534 e. The lowest BCUT2D eigenvalue weighted by molar-refractivity contribution is -0.0509. The number of ether oxygens (including phenoxy) is 1. The number of rotatable bonds is 4. The fraction of sp³-hybridized carbons (Fsp3) is 0.182. The summed E-state index contributed by atoms with van der Waals surface area (Å²) in [7, 11) is -4.90. The molecule has 0 heterocycles. The molecule has 116 valence electrons. The second-order valence-electron chi connectivity index (χ2n) is 3.59. The standard InChI is InChI=1S/C11H8F4O5S/c1-6(20-21(17,18)11(13,14)15)7-3-4-8(9(12)5-7)10(16)19-2/h3-5H,1H2,2H3. The van der Waals surface area contributed by atoms with Crippen molar-refractivity contribution in [2.75, 3.05) is 7.11 Å². The van der Waals surface area contributed by atoms with E-state index in [0.717, 1.165) is 19.2 Å². The summed E-state index contributed by atoms with van der Waals surface area (Å²) in [6.07, 6.45) is 0. The topological polar surface area (TPSA) is 69.7 Å². The molecule has 0 amide bonds. The first-order chi connectivity index (χ1) is 9.49. The number of halogens is 4. The number of carbonyl (C=O) groups excluding carboxylic acids is 1. The molecular weight excluding hydrogens is 320 g/mol. The molecule has 5 nitrogen and oxygen atoms in total. The van der Waals surface area contributed by atoms with Crippen molar-refractivity contribution in [2.24, 2.45) is 0 Å². The molecule has 0 radical (unpaired) electrons. The summed E-state index contributed by atoms with van der Waals surface area (Å²) >= 11 is 0. The second-order valence-corrected chi connectivity index (χ2v) is 5.13. The normalized spacial score (nSPS) is 11.9. The van der Waals surface area contributed by atoms with E-state index in [0.29, 0.717) is 6.07 Å². The van der Waals surface area contributed by atoms with Crippen LogP contribution in [-0.4, -0.2) is 27.0 Å². The van der Waals surface area contributed by atoms with Crippen molar-refractivity contribution in [1.29, 1.82) is 0 Å². The number of esters is 1. The largest absolute Gasteiger partial charge is 0.534 e. The van der Waals surface area contributed by atoms with Gasteiger partial charge in [-0.1, -0.05) is 12.6 Å². The zero-order valence-electron chi connectivity index (χ0n) is 10.4. The van der Waals surface area contributed by atoms with E-state index < -0.39 is 38.7 Å². The summed E-state index contributed by atoms with van der Waals surface area (Å²) in [5.74, 6) is -3.08. The number of hydrogen-bond acceptors (Lipinski definition) is 5. The van der Waals surface area contributed by atoms with Crippen molar-refractivity contribution in [2.45, 2.75) is 5.51 Å². The van der Waals surface area contributed by atoms with Gasteiger partial charge in [0.1, 0.15) is 11.6 Å². The molecule has 0 aliphatic rings. The lowest BCUT2D eigenvalue weighted by Gasteiger charge is -2.12. The SMILES string of the molecule is C=C(OS(=O)(=O)C(F)(F)F)c1ccc(C(=O)OC)c(F)c1. The molecule has 0 fully saturated rings. The summed E-state index contributed by atoms with van der Waals surface area (Å²) in [5, 5.41) is 0. The Bertz CT molecular complexity index is 678. The van der Waals surface area contributed by atoms with E-state index in [-0.39, 0.29) is 5.56 Å². The van der Waals surface area contributed by atoms with Gasteiger partial charge in [-0.3, -0.25) is 0 Å². The highest BCUT2D eigenvalue weighted by molar-refractivity contribution is 7.87. The fourth-order valence-corrected chi connectivity index (χ4v) is 1.65. The Labute approximate surface area is 116 Å². The summed E-state index contributed by atoms with van der Waals surface area (Å²) in [6, 6.07) is 2.45. The second kappa shape index (κ2) is 5.72. The van der Waals surface area contributed by atoms with Gasteiger partial charge in [0.15, 0.2) is 0 Å². The average molecular weight is 328 g/mol. The number of benzene rings is 1. The van der Waals surface area contributed by atoms with Crippen molar-refractivity contribution in [1.82, 2.24) is 0 Å². The number of carbonyl (C=O) groups is 1. The number of methoxy groups -OCH3 is 1. The lowest BCUT2D eigenvalue weighted by atomic mass is 10.1. The zero-order chi connectivity index (χ0) is 16.4. The molecule has 0 aromatic heterocycles. The molecule has 21 heavy (non-hydrogen) atoms. The van der Waals surface area contributed by atoms with Crippen LogP contribution in [0.2, 0.25) is 0 Å².